The Balaban J connectivity index is 2.01. The van der Waals surface area contributed by atoms with Crippen molar-refractivity contribution >= 4 is 11.6 Å². The summed E-state index contributed by atoms with van der Waals surface area (Å²) in [6, 6.07) is 9.81. The standard InChI is InChI=1S/C16H20N4O/c1-11-4-5-14(8-12(11)2)20-16(17)19-10-13-6-7-18-15(9-13)21-3/h4-9H,10H2,1-3H3,(H3,17,19,20). The number of nitrogens with one attached hydrogen (secondary N) is 1. The van der Waals surface area contributed by atoms with Gasteiger partial charge in [0.05, 0.1) is 13.7 Å². The number of benzene rings is 1. The summed E-state index contributed by atoms with van der Waals surface area (Å²) in [5.74, 6) is 0.956. The summed E-state index contributed by atoms with van der Waals surface area (Å²) in [6.45, 7) is 4.62. The van der Waals surface area contributed by atoms with E-state index in [2.05, 4.69) is 35.2 Å². The molecule has 2 aromatic rings. The lowest BCUT2D eigenvalue weighted by Gasteiger charge is -2.08. The highest BCUT2D eigenvalue weighted by Gasteiger charge is 1.99. The molecule has 3 N–H and O–H groups in total. The number of nitrogens with two attached hydrogens (primary N) is 1. The van der Waals surface area contributed by atoms with E-state index in [1.54, 1.807) is 13.3 Å². The van der Waals surface area contributed by atoms with Crippen molar-refractivity contribution in [3.63, 3.8) is 0 Å². The van der Waals surface area contributed by atoms with Crippen molar-refractivity contribution in [3.05, 3.63) is 53.2 Å². The Hall–Kier alpha value is -2.56. The number of hydrogen-bond acceptors (Lipinski definition) is 3. The second kappa shape index (κ2) is 6.74. The van der Waals surface area contributed by atoms with Gasteiger partial charge in [-0.3, -0.25) is 0 Å². The van der Waals surface area contributed by atoms with Crippen molar-refractivity contribution in [1.82, 2.24) is 4.98 Å². The topological polar surface area (TPSA) is 72.5 Å². The zero-order valence-electron chi connectivity index (χ0n) is 12.6. The van der Waals surface area contributed by atoms with Crippen molar-refractivity contribution in [1.29, 1.82) is 0 Å². The summed E-state index contributed by atoms with van der Waals surface area (Å²) in [5.41, 5.74) is 10.3. The molecule has 0 radical (unpaired) electrons. The minimum absolute atomic E-state index is 0.383. The Bertz CT molecular complexity index is 652. The molecule has 0 aliphatic heterocycles. The fraction of sp³-hybridized carbons (Fsp3) is 0.250. The van der Waals surface area contributed by atoms with Gasteiger partial charge in [0.1, 0.15) is 0 Å². The van der Waals surface area contributed by atoms with Crippen LogP contribution in [-0.4, -0.2) is 18.1 Å². The van der Waals surface area contributed by atoms with Crippen LogP contribution in [0.4, 0.5) is 5.69 Å². The summed E-state index contributed by atoms with van der Waals surface area (Å²) >= 11 is 0. The number of anilines is 1. The van der Waals surface area contributed by atoms with E-state index in [0.29, 0.717) is 18.4 Å². The molecule has 0 fully saturated rings. The average molecular weight is 284 g/mol. The van der Waals surface area contributed by atoms with Gasteiger partial charge in [0.15, 0.2) is 5.96 Å². The van der Waals surface area contributed by atoms with E-state index in [0.717, 1.165) is 11.3 Å². The van der Waals surface area contributed by atoms with Crippen LogP contribution in [0.25, 0.3) is 0 Å². The van der Waals surface area contributed by atoms with Gasteiger partial charge in [-0.1, -0.05) is 6.07 Å². The van der Waals surface area contributed by atoms with Crippen LogP contribution in [0.5, 0.6) is 5.88 Å². The summed E-state index contributed by atoms with van der Waals surface area (Å²) in [5, 5.41) is 3.09. The number of aliphatic imine (C=N–C) groups is 1. The van der Waals surface area contributed by atoms with Crippen LogP contribution < -0.4 is 15.8 Å². The Morgan fingerprint density at radius 2 is 2.05 bits per heavy atom. The van der Waals surface area contributed by atoms with E-state index in [4.69, 9.17) is 10.5 Å². The molecule has 110 valence electrons. The molecule has 1 aromatic heterocycles. The molecule has 0 aliphatic carbocycles. The number of aromatic nitrogens is 1. The molecule has 0 spiro atoms. The van der Waals surface area contributed by atoms with Gasteiger partial charge in [-0.25, -0.2) is 9.98 Å². The number of pyridine rings is 1. The van der Waals surface area contributed by atoms with Gasteiger partial charge < -0.3 is 15.8 Å². The summed E-state index contributed by atoms with van der Waals surface area (Å²) in [7, 11) is 1.59. The second-order valence-corrected chi connectivity index (χ2v) is 4.83. The molecule has 5 nitrogen and oxygen atoms in total. The van der Waals surface area contributed by atoms with Crippen LogP contribution in [0.1, 0.15) is 16.7 Å². The van der Waals surface area contributed by atoms with E-state index in [9.17, 15) is 0 Å². The van der Waals surface area contributed by atoms with E-state index >= 15 is 0 Å². The fourth-order valence-electron chi connectivity index (χ4n) is 1.84. The number of rotatable bonds is 4. The van der Waals surface area contributed by atoms with Crippen LogP contribution in [0.3, 0.4) is 0 Å². The Kier molecular flexibility index (Phi) is 4.77. The number of ether oxygens (including phenoxy) is 1. The fourth-order valence-corrected chi connectivity index (χ4v) is 1.84. The molecule has 1 aromatic carbocycles. The van der Waals surface area contributed by atoms with Crippen molar-refractivity contribution < 1.29 is 4.74 Å². The first-order valence-corrected chi connectivity index (χ1v) is 6.71. The maximum atomic E-state index is 5.90. The molecule has 0 atom stereocenters. The quantitative estimate of drug-likeness (QED) is 0.668. The van der Waals surface area contributed by atoms with Crippen LogP contribution >= 0.6 is 0 Å². The molecule has 0 aliphatic rings. The van der Waals surface area contributed by atoms with Gasteiger partial charge in [0, 0.05) is 18.0 Å². The molecule has 0 bridgehead atoms. The second-order valence-electron chi connectivity index (χ2n) is 4.83. The SMILES string of the molecule is COc1cc(CN=C(N)Nc2ccc(C)c(C)c2)ccn1. The molecule has 0 amide bonds. The predicted molar refractivity (Wildman–Crippen MR) is 85.7 cm³/mol. The lowest BCUT2D eigenvalue weighted by Crippen LogP contribution is -2.22. The van der Waals surface area contributed by atoms with Gasteiger partial charge in [-0.2, -0.15) is 0 Å². The molecular weight excluding hydrogens is 264 g/mol. The lowest BCUT2D eigenvalue weighted by molar-refractivity contribution is 0.397. The molecular formula is C16H20N4O. The van der Waals surface area contributed by atoms with E-state index in [1.165, 1.54) is 11.1 Å². The van der Waals surface area contributed by atoms with Crippen LogP contribution in [0.15, 0.2) is 41.5 Å². The molecule has 0 unspecified atom stereocenters. The minimum Gasteiger partial charge on any atom is -0.481 e. The highest BCUT2D eigenvalue weighted by Crippen LogP contribution is 2.14. The van der Waals surface area contributed by atoms with Crippen LogP contribution in [0.2, 0.25) is 0 Å². The zero-order valence-corrected chi connectivity index (χ0v) is 12.6. The van der Waals surface area contributed by atoms with Gasteiger partial charge in [0.25, 0.3) is 0 Å². The van der Waals surface area contributed by atoms with Crippen LogP contribution in [0, 0.1) is 13.8 Å². The van der Waals surface area contributed by atoms with E-state index in [1.807, 2.05) is 24.3 Å². The van der Waals surface area contributed by atoms with Crippen molar-refractivity contribution in [3.8, 4) is 5.88 Å². The van der Waals surface area contributed by atoms with Crippen molar-refractivity contribution in [2.45, 2.75) is 20.4 Å². The number of aryl methyl sites for hydroxylation is 2. The van der Waals surface area contributed by atoms with Crippen LogP contribution in [-0.2, 0) is 6.54 Å². The normalized spacial score (nSPS) is 11.3. The highest BCUT2D eigenvalue weighted by atomic mass is 16.5. The molecule has 0 saturated heterocycles. The van der Waals surface area contributed by atoms with Gasteiger partial charge in [-0.05, 0) is 48.7 Å². The molecule has 1 heterocycles. The maximum absolute atomic E-state index is 5.90. The first kappa shape index (κ1) is 14.8. The molecule has 0 saturated carbocycles. The third kappa shape index (κ3) is 4.21. The minimum atomic E-state index is 0.383. The Morgan fingerprint density at radius 3 is 2.76 bits per heavy atom. The summed E-state index contributed by atoms with van der Waals surface area (Å²) in [6.07, 6.45) is 1.69. The number of hydrogen-bond donors (Lipinski definition) is 2. The zero-order chi connectivity index (χ0) is 15.2. The predicted octanol–water partition coefficient (Wildman–Crippen LogP) is 2.63. The third-order valence-electron chi connectivity index (χ3n) is 3.22. The Morgan fingerprint density at radius 1 is 1.24 bits per heavy atom. The van der Waals surface area contributed by atoms with Gasteiger partial charge >= 0.3 is 0 Å². The van der Waals surface area contributed by atoms with Gasteiger partial charge in [-0.15, -0.1) is 0 Å². The van der Waals surface area contributed by atoms with Gasteiger partial charge in [0.2, 0.25) is 5.88 Å². The van der Waals surface area contributed by atoms with Crippen molar-refractivity contribution in [2.75, 3.05) is 12.4 Å². The molecule has 2 rings (SSSR count). The van der Waals surface area contributed by atoms with E-state index in [-0.39, 0.29) is 0 Å². The van der Waals surface area contributed by atoms with E-state index < -0.39 is 0 Å². The first-order valence-electron chi connectivity index (χ1n) is 6.71. The molecule has 21 heavy (non-hydrogen) atoms. The third-order valence-corrected chi connectivity index (χ3v) is 3.22. The maximum Gasteiger partial charge on any atom is 0.213 e. The largest absolute Gasteiger partial charge is 0.481 e. The highest BCUT2D eigenvalue weighted by molar-refractivity contribution is 5.92. The van der Waals surface area contributed by atoms with Crippen molar-refractivity contribution in [2.24, 2.45) is 10.7 Å². The number of nitrogens with zero attached hydrogens (tertiary/aromatic N) is 2. The summed E-state index contributed by atoms with van der Waals surface area (Å²) < 4.78 is 5.08. The number of methoxy groups -OCH3 is 1. The number of guanidine groups is 1. The average Bonchev–Trinajstić information content (AvgIpc) is 2.49. The monoisotopic (exact) mass is 284 g/mol. The smallest absolute Gasteiger partial charge is 0.213 e. The molecule has 5 heteroatoms. The lowest BCUT2D eigenvalue weighted by atomic mass is 10.1. The Labute approximate surface area is 124 Å². The summed E-state index contributed by atoms with van der Waals surface area (Å²) in [4.78, 5) is 8.37. The first-order chi connectivity index (χ1) is 10.1.